The Morgan fingerprint density at radius 1 is 1.13 bits per heavy atom. The summed E-state index contributed by atoms with van der Waals surface area (Å²) in [6.45, 7) is 0. The first-order valence-electron chi connectivity index (χ1n) is 7.50. The fourth-order valence-corrected chi connectivity index (χ4v) is 2.77. The highest BCUT2D eigenvalue weighted by Crippen LogP contribution is 2.27. The van der Waals surface area contributed by atoms with Gasteiger partial charge in [0.05, 0.1) is 5.92 Å². The van der Waals surface area contributed by atoms with Crippen molar-refractivity contribution in [3.05, 3.63) is 48.2 Å². The smallest absolute Gasteiger partial charge is 0.308 e. The van der Waals surface area contributed by atoms with Gasteiger partial charge in [-0.15, -0.1) is 0 Å². The Bertz CT molecular complexity index is 694. The van der Waals surface area contributed by atoms with Crippen LogP contribution in [0.1, 0.15) is 29.8 Å². The molecule has 1 fully saturated rings. The lowest BCUT2D eigenvalue weighted by Gasteiger charge is -2.16. The predicted molar refractivity (Wildman–Crippen MR) is 81.5 cm³/mol. The van der Waals surface area contributed by atoms with E-state index in [4.69, 9.17) is 14.3 Å². The third-order valence-corrected chi connectivity index (χ3v) is 3.92. The zero-order valence-corrected chi connectivity index (χ0v) is 12.4. The molecule has 0 unspecified atom stereocenters. The quantitative estimate of drug-likeness (QED) is 0.885. The first-order valence-corrected chi connectivity index (χ1v) is 7.50. The molecular weight excluding hydrogens is 298 g/mol. The molecule has 1 amide bonds. The van der Waals surface area contributed by atoms with Crippen LogP contribution in [0.25, 0.3) is 0 Å². The van der Waals surface area contributed by atoms with Crippen molar-refractivity contribution in [3.63, 3.8) is 0 Å². The van der Waals surface area contributed by atoms with Crippen LogP contribution in [0.15, 0.2) is 46.9 Å². The number of carbonyl (C=O) groups excluding carboxylic acids is 1. The molecule has 0 aliphatic heterocycles. The molecule has 3 rings (SSSR count). The van der Waals surface area contributed by atoms with Gasteiger partial charge in [0.1, 0.15) is 5.75 Å². The van der Waals surface area contributed by atoms with E-state index in [0.717, 1.165) is 6.42 Å². The summed E-state index contributed by atoms with van der Waals surface area (Å²) < 4.78 is 10.9. The fraction of sp³-hybridized carbons (Fsp3) is 0.294. The normalized spacial score (nSPS) is 20.2. The molecule has 0 spiro atoms. The lowest BCUT2D eigenvalue weighted by atomic mass is 10.0. The number of furan rings is 1. The van der Waals surface area contributed by atoms with Gasteiger partial charge < -0.3 is 19.6 Å². The molecule has 6 nitrogen and oxygen atoms in total. The average molecular weight is 315 g/mol. The van der Waals surface area contributed by atoms with Gasteiger partial charge in [-0.25, -0.2) is 0 Å². The van der Waals surface area contributed by atoms with Crippen molar-refractivity contribution >= 4 is 11.9 Å². The second-order valence-electron chi connectivity index (χ2n) is 5.49. The Morgan fingerprint density at radius 3 is 2.65 bits per heavy atom. The summed E-state index contributed by atoms with van der Waals surface area (Å²) in [7, 11) is 0. The monoisotopic (exact) mass is 315 g/mol. The van der Waals surface area contributed by atoms with Crippen LogP contribution >= 0.6 is 0 Å². The molecule has 1 aromatic heterocycles. The summed E-state index contributed by atoms with van der Waals surface area (Å²) in [6, 6.07) is 11.8. The van der Waals surface area contributed by atoms with Gasteiger partial charge in [0.25, 0.3) is 11.9 Å². The number of carboxylic acids is 1. The molecule has 2 aromatic rings. The Morgan fingerprint density at radius 2 is 1.91 bits per heavy atom. The molecule has 6 heteroatoms. The van der Waals surface area contributed by atoms with Gasteiger partial charge >= 0.3 is 5.97 Å². The minimum Gasteiger partial charge on any atom is -0.481 e. The van der Waals surface area contributed by atoms with E-state index >= 15 is 0 Å². The number of hydrogen-bond acceptors (Lipinski definition) is 4. The van der Waals surface area contributed by atoms with Crippen molar-refractivity contribution in [3.8, 4) is 11.7 Å². The lowest BCUT2D eigenvalue weighted by Crippen LogP contribution is -2.40. The number of hydrogen-bond donors (Lipinski definition) is 2. The number of amides is 1. The van der Waals surface area contributed by atoms with Gasteiger partial charge in [-0.05, 0) is 31.0 Å². The molecule has 2 atom stereocenters. The number of benzene rings is 1. The van der Waals surface area contributed by atoms with Gasteiger partial charge in [-0.2, -0.15) is 0 Å². The Hall–Kier alpha value is -2.76. The molecule has 1 aliphatic carbocycles. The maximum absolute atomic E-state index is 12.2. The summed E-state index contributed by atoms with van der Waals surface area (Å²) in [5, 5.41) is 11.9. The van der Waals surface area contributed by atoms with Crippen LogP contribution in [0.5, 0.6) is 11.7 Å². The van der Waals surface area contributed by atoms with E-state index in [2.05, 4.69) is 5.32 Å². The van der Waals surface area contributed by atoms with Gasteiger partial charge in [0.2, 0.25) is 0 Å². The van der Waals surface area contributed by atoms with Crippen molar-refractivity contribution in [2.45, 2.75) is 25.3 Å². The minimum absolute atomic E-state index is 0.104. The van der Waals surface area contributed by atoms with Crippen LogP contribution in [0.4, 0.5) is 0 Å². The second kappa shape index (κ2) is 6.56. The first-order chi connectivity index (χ1) is 11.1. The highest BCUT2D eigenvalue weighted by molar-refractivity contribution is 5.92. The van der Waals surface area contributed by atoms with E-state index in [1.54, 1.807) is 18.2 Å². The molecule has 1 aromatic carbocycles. The molecule has 1 saturated carbocycles. The Kier molecular flexibility index (Phi) is 4.32. The molecule has 0 radical (unpaired) electrons. The molecule has 0 bridgehead atoms. The minimum atomic E-state index is -0.875. The number of ether oxygens (including phenoxy) is 1. The Balaban J connectivity index is 1.63. The SMILES string of the molecule is O=C(N[C@H]1CCC[C@H]1C(=O)O)c1ccc(Oc2ccccc2)o1. The van der Waals surface area contributed by atoms with Crippen LogP contribution < -0.4 is 10.1 Å². The zero-order chi connectivity index (χ0) is 16.2. The van der Waals surface area contributed by atoms with E-state index in [1.165, 1.54) is 6.07 Å². The number of aliphatic carboxylic acids is 1. The van der Waals surface area contributed by atoms with E-state index in [1.807, 2.05) is 18.2 Å². The summed E-state index contributed by atoms with van der Waals surface area (Å²) in [6.07, 6.45) is 2.04. The Labute approximate surface area is 133 Å². The highest BCUT2D eigenvalue weighted by Gasteiger charge is 2.34. The van der Waals surface area contributed by atoms with Crippen LogP contribution in [-0.2, 0) is 4.79 Å². The van der Waals surface area contributed by atoms with Crippen LogP contribution in [-0.4, -0.2) is 23.0 Å². The standard InChI is InChI=1S/C17H17NO5/c19-16(18-13-8-4-7-12(13)17(20)21)14-9-10-15(23-14)22-11-5-2-1-3-6-11/h1-3,5-6,9-10,12-13H,4,7-8H2,(H,18,19)(H,20,21)/t12-,13+/m1/s1. The van der Waals surface area contributed by atoms with Crippen molar-refractivity contribution in [2.75, 3.05) is 0 Å². The third kappa shape index (κ3) is 3.53. The number of para-hydroxylation sites is 1. The molecule has 23 heavy (non-hydrogen) atoms. The van der Waals surface area contributed by atoms with Gasteiger partial charge in [-0.3, -0.25) is 9.59 Å². The molecular formula is C17H17NO5. The number of carboxylic acid groups (broad SMARTS) is 1. The molecule has 2 N–H and O–H groups in total. The summed E-state index contributed by atoms with van der Waals surface area (Å²) in [5.74, 6) is -0.912. The molecule has 1 heterocycles. The maximum atomic E-state index is 12.2. The zero-order valence-electron chi connectivity index (χ0n) is 12.4. The fourth-order valence-electron chi connectivity index (χ4n) is 2.77. The molecule has 0 saturated heterocycles. The number of carbonyl (C=O) groups is 2. The maximum Gasteiger partial charge on any atom is 0.308 e. The first kappa shape index (κ1) is 15.1. The summed E-state index contributed by atoms with van der Waals surface area (Å²) >= 11 is 0. The largest absolute Gasteiger partial charge is 0.481 e. The van der Waals surface area contributed by atoms with E-state index in [-0.39, 0.29) is 17.7 Å². The van der Waals surface area contributed by atoms with Crippen molar-refractivity contribution in [2.24, 2.45) is 5.92 Å². The van der Waals surface area contributed by atoms with Crippen molar-refractivity contribution in [1.29, 1.82) is 0 Å². The summed E-state index contributed by atoms with van der Waals surface area (Å²) in [5.41, 5.74) is 0. The summed E-state index contributed by atoms with van der Waals surface area (Å²) in [4.78, 5) is 23.3. The molecule has 120 valence electrons. The van der Waals surface area contributed by atoms with Crippen molar-refractivity contribution < 1.29 is 23.8 Å². The van der Waals surface area contributed by atoms with Gasteiger partial charge in [0.15, 0.2) is 5.76 Å². The van der Waals surface area contributed by atoms with E-state index in [0.29, 0.717) is 18.6 Å². The van der Waals surface area contributed by atoms with Crippen LogP contribution in [0.3, 0.4) is 0 Å². The van der Waals surface area contributed by atoms with Gasteiger partial charge in [-0.1, -0.05) is 24.6 Å². The van der Waals surface area contributed by atoms with Crippen LogP contribution in [0.2, 0.25) is 0 Å². The predicted octanol–water partition coefficient (Wildman–Crippen LogP) is 3.06. The second-order valence-corrected chi connectivity index (χ2v) is 5.49. The van der Waals surface area contributed by atoms with Crippen molar-refractivity contribution in [1.82, 2.24) is 5.32 Å². The number of rotatable bonds is 5. The average Bonchev–Trinajstić information content (AvgIpc) is 3.17. The lowest BCUT2D eigenvalue weighted by molar-refractivity contribution is -0.142. The molecule has 1 aliphatic rings. The third-order valence-electron chi connectivity index (χ3n) is 3.92. The number of nitrogens with one attached hydrogen (secondary N) is 1. The van der Waals surface area contributed by atoms with E-state index < -0.39 is 17.8 Å². The van der Waals surface area contributed by atoms with Crippen LogP contribution in [0, 0.1) is 5.92 Å². The highest BCUT2D eigenvalue weighted by atomic mass is 16.6. The topological polar surface area (TPSA) is 88.8 Å². The van der Waals surface area contributed by atoms with Gasteiger partial charge in [0, 0.05) is 12.1 Å². The van der Waals surface area contributed by atoms with E-state index in [9.17, 15) is 9.59 Å².